The number of benzene rings is 2. The Labute approximate surface area is 179 Å². The fraction of sp³-hybridized carbons (Fsp3) is 0.333. The molecule has 160 valence electrons. The first-order valence-corrected chi connectivity index (χ1v) is 10.0. The number of nitrogens with zero attached hydrogens (tertiary/aromatic N) is 2. The van der Waals surface area contributed by atoms with Gasteiger partial charge in [0.2, 0.25) is 0 Å². The van der Waals surface area contributed by atoms with Crippen molar-refractivity contribution in [1.29, 1.82) is 0 Å². The van der Waals surface area contributed by atoms with Crippen LogP contribution >= 0.6 is 11.6 Å². The minimum atomic E-state index is -0.821. The Kier molecular flexibility index (Phi) is 7.48. The van der Waals surface area contributed by atoms with Crippen LogP contribution in [0.5, 0.6) is 5.75 Å². The number of rotatable bonds is 6. The second kappa shape index (κ2) is 10.3. The summed E-state index contributed by atoms with van der Waals surface area (Å²) < 4.78 is 18.6. The summed E-state index contributed by atoms with van der Waals surface area (Å²) in [7, 11) is 1.67. The molecule has 0 atom stereocenters. The van der Waals surface area contributed by atoms with E-state index >= 15 is 0 Å². The maximum atomic E-state index is 13.2. The summed E-state index contributed by atoms with van der Waals surface area (Å²) in [4.78, 5) is 28.4. The van der Waals surface area contributed by atoms with Gasteiger partial charge >= 0.3 is 11.8 Å². The normalized spacial score (nSPS) is 14.3. The van der Waals surface area contributed by atoms with Gasteiger partial charge in [-0.25, -0.2) is 4.39 Å². The number of carbonyl (C=O) groups excluding carboxylic acids is 2. The van der Waals surface area contributed by atoms with Crippen LogP contribution in [0.1, 0.15) is 0 Å². The second-order valence-electron chi connectivity index (χ2n) is 6.84. The molecule has 2 amide bonds. The monoisotopic (exact) mass is 434 g/mol. The van der Waals surface area contributed by atoms with Gasteiger partial charge in [0.15, 0.2) is 0 Å². The van der Waals surface area contributed by atoms with Gasteiger partial charge in [-0.3, -0.25) is 14.5 Å². The molecule has 7 nitrogen and oxygen atoms in total. The number of halogens is 2. The molecule has 0 spiro atoms. The van der Waals surface area contributed by atoms with E-state index in [2.05, 4.69) is 20.4 Å². The summed E-state index contributed by atoms with van der Waals surface area (Å²) in [6, 6.07) is 11.6. The largest absolute Gasteiger partial charge is 0.495 e. The Bertz CT molecular complexity index is 904. The number of ether oxygens (including phenoxy) is 1. The lowest BCUT2D eigenvalue weighted by Crippen LogP contribution is -2.49. The molecule has 0 aromatic heterocycles. The van der Waals surface area contributed by atoms with Crippen molar-refractivity contribution in [2.45, 2.75) is 0 Å². The van der Waals surface area contributed by atoms with E-state index in [1.165, 1.54) is 12.1 Å². The molecular weight excluding hydrogens is 411 g/mol. The van der Waals surface area contributed by atoms with Crippen LogP contribution in [0, 0.1) is 5.82 Å². The number of nitrogens with one attached hydrogen (secondary N) is 2. The molecule has 0 radical (unpaired) electrons. The van der Waals surface area contributed by atoms with Crippen LogP contribution in [0.4, 0.5) is 15.8 Å². The maximum Gasteiger partial charge on any atom is 0.313 e. The smallest absolute Gasteiger partial charge is 0.313 e. The van der Waals surface area contributed by atoms with Crippen LogP contribution in [0.25, 0.3) is 0 Å². The van der Waals surface area contributed by atoms with Gasteiger partial charge in [0, 0.05) is 45.0 Å². The lowest BCUT2D eigenvalue weighted by molar-refractivity contribution is -0.136. The van der Waals surface area contributed by atoms with Crippen molar-refractivity contribution in [3.05, 3.63) is 53.3 Å². The quantitative estimate of drug-likeness (QED) is 0.683. The highest BCUT2D eigenvalue weighted by Crippen LogP contribution is 2.28. The summed E-state index contributed by atoms with van der Waals surface area (Å²) in [5, 5.41) is 4.88. The summed E-state index contributed by atoms with van der Waals surface area (Å²) in [6.07, 6.45) is 0. The molecule has 3 rings (SSSR count). The molecule has 0 aliphatic carbocycles. The number of methoxy groups -OCH3 is 1. The number of piperazine rings is 1. The van der Waals surface area contributed by atoms with E-state index in [1.807, 2.05) is 24.3 Å². The van der Waals surface area contributed by atoms with Gasteiger partial charge in [-0.15, -0.1) is 0 Å². The molecule has 1 aliphatic heterocycles. The number of hydrogen-bond acceptors (Lipinski definition) is 5. The van der Waals surface area contributed by atoms with E-state index in [0.717, 1.165) is 43.7 Å². The molecule has 2 aromatic rings. The van der Waals surface area contributed by atoms with Crippen LogP contribution in [0.15, 0.2) is 42.5 Å². The lowest BCUT2D eigenvalue weighted by Gasteiger charge is -2.36. The zero-order valence-electron chi connectivity index (χ0n) is 16.7. The highest BCUT2D eigenvalue weighted by atomic mass is 35.5. The standard InChI is InChI=1S/C21H24ClFN4O3/c1-30-19-5-3-2-4-18(19)27-12-10-26(11-13-27)9-8-24-20(28)21(29)25-15-6-7-17(23)16(22)14-15/h2-7,14H,8-13H2,1H3,(H,24,28)(H,25,29). The van der Waals surface area contributed by atoms with E-state index in [1.54, 1.807) is 7.11 Å². The Morgan fingerprint density at radius 2 is 1.83 bits per heavy atom. The van der Waals surface area contributed by atoms with Crippen molar-refractivity contribution < 1.29 is 18.7 Å². The lowest BCUT2D eigenvalue weighted by atomic mass is 10.2. The average molecular weight is 435 g/mol. The van der Waals surface area contributed by atoms with Gasteiger partial charge < -0.3 is 20.3 Å². The molecule has 0 saturated carbocycles. The van der Waals surface area contributed by atoms with Crippen molar-refractivity contribution in [3.8, 4) is 5.75 Å². The first kappa shape index (κ1) is 21.9. The molecule has 1 saturated heterocycles. The molecule has 9 heteroatoms. The minimum Gasteiger partial charge on any atom is -0.495 e. The minimum absolute atomic E-state index is 0.125. The second-order valence-corrected chi connectivity index (χ2v) is 7.25. The molecule has 2 N–H and O–H groups in total. The molecule has 2 aromatic carbocycles. The fourth-order valence-electron chi connectivity index (χ4n) is 3.27. The molecule has 0 unspecified atom stereocenters. The van der Waals surface area contributed by atoms with Crippen LogP contribution in [-0.4, -0.2) is 63.1 Å². The molecular formula is C21H24ClFN4O3. The number of para-hydroxylation sites is 2. The molecule has 1 fully saturated rings. The van der Waals surface area contributed by atoms with E-state index in [0.29, 0.717) is 13.1 Å². The van der Waals surface area contributed by atoms with Crippen molar-refractivity contribution >= 4 is 34.8 Å². The Morgan fingerprint density at radius 3 is 2.53 bits per heavy atom. The Hall–Kier alpha value is -2.84. The van der Waals surface area contributed by atoms with Gasteiger partial charge in [0.05, 0.1) is 17.8 Å². The van der Waals surface area contributed by atoms with Gasteiger partial charge in [-0.1, -0.05) is 23.7 Å². The van der Waals surface area contributed by atoms with Crippen LogP contribution < -0.4 is 20.3 Å². The number of amides is 2. The van der Waals surface area contributed by atoms with Crippen molar-refractivity contribution in [2.75, 3.05) is 56.6 Å². The highest BCUT2D eigenvalue weighted by molar-refractivity contribution is 6.39. The topological polar surface area (TPSA) is 73.9 Å². The summed E-state index contributed by atoms with van der Waals surface area (Å²) in [5.74, 6) is -1.31. The van der Waals surface area contributed by atoms with Gasteiger partial charge in [0.25, 0.3) is 0 Å². The Morgan fingerprint density at radius 1 is 1.10 bits per heavy atom. The molecule has 1 aliphatic rings. The van der Waals surface area contributed by atoms with Crippen LogP contribution in [-0.2, 0) is 9.59 Å². The van der Waals surface area contributed by atoms with Crippen LogP contribution in [0.3, 0.4) is 0 Å². The third-order valence-electron chi connectivity index (χ3n) is 4.90. The van der Waals surface area contributed by atoms with E-state index < -0.39 is 17.6 Å². The third-order valence-corrected chi connectivity index (χ3v) is 5.19. The zero-order valence-corrected chi connectivity index (χ0v) is 17.4. The van der Waals surface area contributed by atoms with Gasteiger partial charge in [-0.05, 0) is 30.3 Å². The molecule has 0 bridgehead atoms. The van der Waals surface area contributed by atoms with E-state index in [9.17, 15) is 14.0 Å². The number of anilines is 2. The molecule has 30 heavy (non-hydrogen) atoms. The first-order chi connectivity index (χ1) is 14.5. The maximum absolute atomic E-state index is 13.2. The third kappa shape index (κ3) is 5.61. The highest BCUT2D eigenvalue weighted by Gasteiger charge is 2.20. The number of hydrogen-bond donors (Lipinski definition) is 2. The summed E-state index contributed by atoms with van der Waals surface area (Å²) in [6.45, 7) is 4.37. The van der Waals surface area contributed by atoms with Crippen molar-refractivity contribution in [1.82, 2.24) is 10.2 Å². The SMILES string of the molecule is COc1ccccc1N1CCN(CCNC(=O)C(=O)Nc2ccc(F)c(Cl)c2)CC1. The first-order valence-electron chi connectivity index (χ1n) is 9.62. The number of carbonyl (C=O) groups is 2. The Balaban J connectivity index is 1.40. The summed E-state index contributed by atoms with van der Waals surface area (Å²) in [5.41, 5.74) is 1.33. The van der Waals surface area contributed by atoms with Crippen LogP contribution in [0.2, 0.25) is 5.02 Å². The predicted octanol–water partition coefficient (Wildman–Crippen LogP) is 2.36. The van der Waals surface area contributed by atoms with Crippen molar-refractivity contribution in [3.63, 3.8) is 0 Å². The predicted molar refractivity (Wildman–Crippen MR) is 115 cm³/mol. The van der Waals surface area contributed by atoms with Gasteiger partial charge in [0.1, 0.15) is 11.6 Å². The average Bonchev–Trinajstić information content (AvgIpc) is 2.76. The van der Waals surface area contributed by atoms with E-state index in [-0.39, 0.29) is 10.7 Å². The fourth-order valence-corrected chi connectivity index (χ4v) is 3.45. The van der Waals surface area contributed by atoms with E-state index in [4.69, 9.17) is 16.3 Å². The van der Waals surface area contributed by atoms with Crippen molar-refractivity contribution in [2.24, 2.45) is 0 Å². The van der Waals surface area contributed by atoms with Gasteiger partial charge in [-0.2, -0.15) is 0 Å². The molecule has 1 heterocycles. The zero-order chi connectivity index (χ0) is 21.5. The summed E-state index contributed by atoms with van der Waals surface area (Å²) >= 11 is 5.67.